The number of ketones is 1. The fraction of sp³-hybridized carbons (Fsp3) is 0.545. The molecule has 1 amide bonds. The molecule has 1 N–H and O–H groups in total. The molecule has 1 aromatic heterocycles. The molecule has 0 aromatic carbocycles. The number of carbonyl (C=O) groups excluding carboxylic acids is 2. The summed E-state index contributed by atoms with van der Waals surface area (Å²) in [6.07, 6.45) is 2.66. The van der Waals surface area contributed by atoms with Gasteiger partial charge in [-0.05, 0) is 13.3 Å². The standard InChI is InChI=1S/C11H17N3O2/c1-4-10-9(7-14(3)13-10)6-12-11(16)5-8(2)15/h7H,4-6H2,1-3H3,(H,12,16). The highest BCUT2D eigenvalue weighted by Gasteiger charge is 2.08. The molecule has 0 unspecified atom stereocenters. The normalized spacial score (nSPS) is 10.2. The quantitative estimate of drug-likeness (QED) is 0.742. The van der Waals surface area contributed by atoms with E-state index in [9.17, 15) is 9.59 Å². The van der Waals surface area contributed by atoms with Crippen LogP contribution in [-0.4, -0.2) is 21.5 Å². The monoisotopic (exact) mass is 223 g/mol. The molecule has 0 aliphatic rings. The van der Waals surface area contributed by atoms with E-state index < -0.39 is 0 Å². The Morgan fingerprint density at radius 1 is 1.50 bits per heavy atom. The van der Waals surface area contributed by atoms with Crippen molar-refractivity contribution in [3.8, 4) is 0 Å². The summed E-state index contributed by atoms with van der Waals surface area (Å²) in [6, 6.07) is 0. The van der Waals surface area contributed by atoms with Crippen LogP contribution in [0.25, 0.3) is 0 Å². The predicted molar refractivity (Wildman–Crippen MR) is 59.7 cm³/mol. The molecule has 1 heterocycles. The first-order chi connectivity index (χ1) is 7.52. The van der Waals surface area contributed by atoms with Crippen molar-refractivity contribution in [1.82, 2.24) is 15.1 Å². The first kappa shape index (κ1) is 12.4. The second-order valence-electron chi connectivity index (χ2n) is 3.78. The molecule has 0 bridgehead atoms. The van der Waals surface area contributed by atoms with Gasteiger partial charge in [0.05, 0.1) is 12.1 Å². The van der Waals surface area contributed by atoms with Gasteiger partial charge in [0.25, 0.3) is 0 Å². The molecule has 5 nitrogen and oxygen atoms in total. The van der Waals surface area contributed by atoms with Crippen LogP contribution < -0.4 is 5.32 Å². The average Bonchev–Trinajstić information content (AvgIpc) is 2.55. The van der Waals surface area contributed by atoms with E-state index in [1.165, 1.54) is 6.92 Å². The third kappa shape index (κ3) is 3.49. The van der Waals surface area contributed by atoms with E-state index in [-0.39, 0.29) is 18.1 Å². The van der Waals surface area contributed by atoms with Crippen molar-refractivity contribution >= 4 is 11.7 Å². The summed E-state index contributed by atoms with van der Waals surface area (Å²) in [5, 5.41) is 6.97. The Kier molecular flexibility index (Phi) is 4.22. The summed E-state index contributed by atoms with van der Waals surface area (Å²) in [5.74, 6) is -0.363. The van der Waals surface area contributed by atoms with Crippen LogP contribution in [-0.2, 0) is 29.6 Å². The maximum absolute atomic E-state index is 11.3. The number of hydrogen-bond donors (Lipinski definition) is 1. The number of nitrogens with zero attached hydrogens (tertiary/aromatic N) is 2. The lowest BCUT2D eigenvalue weighted by Crippen LogP contribution is -2.24. The van der Waals surface area contributed by atoms with Crippen LogP contribution in [0.2, 0.25) is 0 Å². The highest BCUT2D eigenvalue weighted by Crippen LogP contribution is 2.06. The number of hydrogen-bond acceptors (Lipinski definition) is 3. The number of aryl methyl sites for hydroxylation is 2. The Labute approximate surface area is 94.8 Å². The topological polar surface area (TPSA) is 64.0 Å². The van der Waals surface area contributed by atoms with Crippen LogP contribution in [0.1, 0.15) is 31.5 Å². The van der Waals surface area contributed by atoms with Gasteiger partial charge < -0.3 is 5.32 Å². The molecule has 1 aromatic rings. The van der Waals surface area contributed by atoms with E-state index in [4.69, 9.17) is 0 Å². The largest absolute Gasteiger partial charge is 0.352 e. The summed E-state index contributed by atoms with van der Waals surface area (Å²) in [4.78, 5) is 22.0. The summed E-state index contributed by atoms with van der Waals surface area (Å²) in [5.41, 5.74) is 1.98. The molecule has 0 spiro atoms. The van der Waals surface area contributed by atoms with Gasteiger partial charge in [-0.2, -0.15) is 5.10 Å². The SMILES string of the molecule is CCc1nn(C)cc1CNC(=O)CC(C)=O. The molecule has 1 rings (SSSR count). The summed E-state index contributed by atoms with van der Waals surface area (Å²) < 4.78 is 1.73. The third-order valence-electron chi connectivity index (χ3n) is 2.21. The van der Waals surface area contributed by atoms with Crippen molar-refractivity contribution in [2.45, 2.75) is 33.2 Å². The minimum absolute atomic E-state index is 0.0538. The first-order valence-corrected chi connectivity index (χ1v) is 5.30. The fourth-order valence-electron chi connectivity index (χ4n) is 1.51. The molecule has 0 aliphatic carbocycles. The van der Waals surface area contributed by atoms with Crippen LogP contribution >= 0.6 is 0 Å². The Bertz CT molecular complexity index is 396. The molecule has 88 valence electrons. The van der Waals surface area contributed by atoms with Crippen molar-refractivity contribution in [2.75, 3.05) is 0 Å². The number of rotatable bonds is 5. The highest BCUT2D eigenvalue weighted by atomic mass is 16.2. The van der Waals surface area contributed by atoms with E-state index in [2.05, 4.69) is 10.4 Å². The lowest BCUT2D eigenvalue weighted by molar-refractivity contribution is -0.127. The van der Waals surface area contributed by atoms with Gasteiger partial charge in [0.2, 0.25) is 5.91 Å². The molecule has 0 atom stereocenters. The number of carbonyl (C=O) groups is 2. The second kappa shape index (κ2) is 5.44. The fourth-order valence-corrected chi connectivity index (χ4v) is 1.51. The molecule has 16 heavy (non-hydrogen) atoms. The summed E-state index contributed by atoms with van der Waals surface area (Å²) in [6.45, 7) is 3.85. The zero-order valence-electron chi connectivity index (χ0n) is 9.91. The minimum Gasteiger partial charge on any atom is -0.352 e. The molecule has 0 radical (unpaired) electrons. The van der Waals surface area contributed by atoms with Crippen LogP contribution in [0.15, 0.2) is 6.20 Å². The Morgan fingerprint density at radius 3 is 2.75 bits per heavy atom. The molecule has 0 aliphatic heterocycles. The van der Waals surface area contributed by atoms with E-state index in [1.54, 1.807) is 4.68 Å². The molecule has 0 saturated heterocycles. The van der Waals surface area contributed by atoms with E-state index in [0.29, 0.717) is 6.54 Å². The van der Waals surface area contributed by atoms with Crippen LogP contribution in [0, 0.1) is 0 Å². The van der Waals surface area contributed by atoms with Gasteiger partial charge in [-0.25, -0.2) is 0 Å². The lowest BCUT2D eigenvalue weighted by Gasteiger charge is -2.02. The smallest absolute Gasteiger partial charge is 0.227 e. The van der Waals surface area contributed by atoms with Gasteiger partial charge in [-0.3, -0.25) is 14.3 Å². The maximum atomic E-state index is 11.3. The van der Waals surface area contributed by atoms with Crippen LogP contribution in [0.3, 0.4) is 0 Å². The highest BCUT2D eigenvalue weighted by molar-refractivity contribution is 5.96. The third-order valence-corrected chi connectivity index (χ3v) is 2.21. The Balaban J connectivity index is 2.53. The van der Waals surface area contributed by atoms with Crippen molar-refractivity contribution in [3.63, 3.8) is 0 Å². The number of Topliss-reactive ketones (excluding diaryl/α,β-unsaturated/α-hetero) is 1. The van der Waals surface area contributed by atoms with Crippen LogP contribution in [0.5, 0.6) is 0 Å². The zero-order chi connectivity index (χ0) is 12.1. The average molecular weight is 223 g/mol. The predicted octanol–water partition coefficient (Wildman–Crippen LogP) is 0.578. The first-order valence-electron chi connectivity index (χ1n) is 5.30. The van der Waals surface area contributed by atoms with Gasteiger partial charge in [-0.1, -0.05) is 6.92 Å². The van der Waals surface area contributed by atoms with Crippen molar-refractivity contribution < 1.29 is 9.59 Å². The maximum Gasteiger partial charge on any atom is 0.227 e. The number of aromatic nitrogens is 2. The minimum atomic E-state index is -0.238. The van der Waals surface area contributed by atoms with Crippen LogP contribution in [0.4, 0.5) is 0 Å². The van der Waals surface area contributed by atoms with E-state index in [0.717, 1.165) is 17.7 Å². The number of nitrogens with one attached hydrogen (secondary N) is 1. The van der Waals surface area contributed by atoms with Gasteiger partial charge >= 0.3 is 0 Å². The van der Waals surface area contributed by atoms with Gasteiger partial charge in [0.15, 0.2) is 0 Å². The van der Waals surface area contributed by atoms with Crippen molar-refractivity contribution in [3.05, 3.63) is 17.5 Å². The zero-order valence-corrected chi connectivity index (χ0v) is 9.91. The number of amides is 1. The second-order valence-corrected chi connectivity index (χ2v) is 3.78. The molecule has 0 fully saturated rings. The van der Waals surface area contributed by atoms with Gasteiger partial charge in [0, 0.05) is 25.4 Å². The Morgan fingerprint density at radius 2 is 2.19 bits per heavy atom. The lowest BCUT2D eigenvalue weighted by atomic mass is 10.2. The Hall–Kier alpha value is -1.65. The molecule has 5 heteroatoms. The molecular weight excluding hydrogens is 206 g/mol. The van der Waals surface area contributed by atoms with E-state index in [1.807, 2.05) is 20.2 Å². The van der Waals surface area contributed by atoms with Crippen molar-refractivity contribution in [1.29, 1.82) is 0 Å². The van der Waals surface area contributed by atoms with Gasteiger partial charge in [-0.15, -0.1) is 0 Å². The summed E-state index contributed by atoms with van der Waals surface area (Å²) >= 11 is 0. The van der Waals surface area contributed by atoms with Crippen molar-refractivity contribution in [2.24, 2.45) is 7.05 Å². The molecule has 0 saturated carbocycles. The van der Waals surface area contributed by atoms with Gasteiger partial charge in [0.1, 0.15) is 5.78 Å². The van der Waals surface area contributed by atoms with E-state index >= 15 is 0 Å². The molecular formula is C11H17N3O2. The summed E-state index contributed by atoms with van der Waals surface area (Å²) in [7, 11) is 1.85.